The molecule has 0 aliphatic carbocycles. The summed E-state index contributed by atoms with van der Waals surface area (Å²) in [5, 5.41) is 26.8. The summed E-state index contributed by atoms with van der Waals surface area (Å²) in [5.74, 6) is -0.672. The number of hydrogen-bond donors (Lipinski definition) is 1. The predicted octanol–water partition coefficient (Wildman–Crippen LogP) is 3.90. The molecule has 0 radical (unpaired) electrons. The molecule has 24 heavy (non-hydrogen) atoms. The van der Waals surface area contributed by atoms with Crippen molar-refractivity contribution in [3.8, 4) is 18.2 Å². The van der Waals surface area contributed by atoms with Crippen LogP contribution < -0.4 is 5.73 Å². The summed E-state index contributed by atoms with van der Waals surface area (Å²) < 4.78 is 14.2. The smallest absolute Gasteiger partial charge is 0.148 e. The second-order valence-corrected chi connectivity index (χ2v) is 4.82. The van der Waals surface area contributed by atoms with Crippen molar-refractivity contribution in [1.29, 1.82) is 15.8 Å². The molecular weight excluding hydrogens is 303 g/mol. The summed E-state index contributed by atoms with van der Waals surface area (Å²) in [7, 11) is 0. The van der Waals surface area contributed by atoms with Crippen LogP contribution >= 0.6 is 0 Å². The molecule has 0 bridgehead atoms. The van der Waals surface area contributed by atoms with E-state index < -0.39 is 11.4 Å². The van der Waals surface area contributed by atoms with Crippen LogP contribution in [0, 0.1) is 39.8 Å². The number of benzene rings is 2. The van der Waals surface area contributed by atoms with E-state index in [0.717, 1.165) is 5.56 Å². The van der Waals surface area contributed by atoms with Gasteiger partial charge in [-0.25, -0.2) is 4.39 Å². The maximum Gasteiger partial charge on any atom is 0.148 e. The summed E-state index contributed by atoms with van der Waals surface area (Å²) in [6.45, 7) is 0. The number of nitriles is 3. The van der Waals surface area contributed by atoms with Crippen molar-refractivity contribution in [2.24, 2.45) is 0 Å². The van der Waals surface area contributed by atoms with Gasteiger partial charge in [0, 0.05) is 11.3 Å². The molecule has 5 heteroatoms. The first-order valence-corrected chi connectivity index (χ1v) is 6.87. The Morgan fingerprint density at radius 2 is 1.46 bits per heavy atom. The lowest BCUT2D eigenvalue weighted by Crippen LogP contribution is -1.92. The molecular formula is C19H11FN4. The highest BCUT2D eigenvalue weighted by Gasteiger charge is 2.13. The summed E-state index contributed by atoms with van der Waals surface area (Å²) in [5.41, 5.74) is 7.00. The maximum absolute atomic E-state index is 14.2. The Morgan fingerprint density at radius 1 is 0.875 bits per heavy atom. The Morgan fingerprint density at radius 3 is 2.00 bits per heavy atom. The van der Waals surface area contributed by atoms with Crippen molar-refractivity contribution in [1.82, 2.24) is 0 Å². The molecule has 4 nitrogen and oxygen atoms in total. The molecule has 2 rings (SSSR count). The number of hydrogen-bond acceptors (Lipinski definition) is 4. The minimum absolute atomic E-state index is 0.0692. The average molecular weight is 314 g/mol. The van der Waals surface area contributed by atoms with Crippen LogP contribution in [-0.4, -0.2) is 0 Å². The lowest BCUT2D eigenvalue weighted by atomic mass is 10.00. The van der Waals surface area contributed by atoms with Gasteiger partial charge in [-0.15, -0.1) is 0 Å². The van der Waals surface area contributed by atoms with Crippen molar-refractivity contribution >= 4 is 23.4 Å². The fourth-order valence-electron chi connectivity index (χ4n) is 2.02. The summed E-state index contributed by atoms with van der Waals surface area (Å²) >= 11 is 0. The molecule has 0 saturated carbocycles. The molecule has 0 aliphatic rings. The van der Waals surface area contributed by atoms with Crippen LogP contribution in [0.1, 0.15) is 16.7 Å². The second kappa shape index (κ2) is 7.40. The van der Waals surface area contributed by atoms with E-state index in [2.05, 4.69) is 0 Å². The van der Waals surface area contributed by atoms with Gasteiger partial charge in [0.2, 0.25) is 0 Å². The van der Waals surface area contributed by atoms with Crippen LogP contribution in [0.2, 0.25) is 0 Å². The van der Waals surface area contributed by atoms with Crippen molar-refractivity contribution in [3.05, 3.63) is 70.5 Å². The van der Waals surface area contributed by atoms with Crippen LogP contribution in [0.3, 0.4) is 0 Å². The van der Waals surface area contributed by atoms with E-state index in [1.165, 1.54) is 12.1 Å². The third-order valence-corrected chi connectivity index (χ3v) is 3.25. The molecule has 0 atom stereocenters. The van der Waals surface area contributed by atoms with Gasteiger partial charge in [-0.3, -0.25) is 0 Å². The van der Waals surface area contributed by atoms with Crippen LogP contribution in [0.15, 0.2) is 48.0 Å². The number of halogens is 1. The molecule has 0 aliphatic heterocycles. The van der Waals surface area contributed by atoms with E-state index in [1.54, 1.807) is 48.6 Å². The third kappa shape index (κ3) is 3.65. The number of nitrogens with two attached hydrogens (primary N) is 1. The summed E-state index contributed by atoms with van der Waals surface area (Å²) in [6.07, 6.45) is 3.51. The van der Waals surface area contributed by atoms with E-state index in [1.807, 2.05) is 12.1 Å². The highest BCUT2D eigenvalue weighted by atomic mass is 19.1. The highest BCUT2D eigenvalue weighted by molar-refractivity contribution is 5.85. The van der Waals surface area contributed by atoms with E-state index in [4.69, 9.17) is 21.5 Å². The van der Waals surface area contributed by atoms with Gasteiger partial charge in [0.05, 0.1) is 5.57 Å². The first kappa shape index (κ1) is 16.5. The molecule has 0 saturated heterocycles. The van der Waals surface area contributed by atoms with Gasteiger partial charge in [0.1, 0.15) is 29.6 Å². The zero-order valence-electron chi connectivity index (χ0n) is 12.5. The maximum atomic E-state index is 14.2. The number of nitrogens with zero attached hydrogens (tertiary/aromatic N) is 3. The zero-order valence-corrected chi connectivity index (χ0v) is 12.5. The topological polar surface area (TPSA) is 97.4 Å². The standard InChI is InChI=1S/C19H11FN4/c20-19-9-14(2-1-13-3-6-16(24)7-4-13)5-8-17(19)18(12-23)15(10-21)11-22/h1-9H,24H2/b2-1+. The lowest BCUT2D eigenvalue weighted by molar-refractivity contribution is 0.624. The van der Waals surface area contributed by atoms with E-state index in [0.29, 0.717) is 11.3 Å². The van der Waals surface area contributed by atoms with Crippen LogP contribution in [-0.2, 0) is 0 Å². The largest absolute Gasteiger partial charge is 0.399 e. The van der Waals surface area contributed by atoms with Crippen LogP contribution in [0.4, 0.5) is 10.1 Å². The zero-order chi connectivity index (χ0) is 17.5. The molecule has 2 aromatic rings. The van der Waals surface area contributed by atoms with Gasteiger partial charge in [0.15, 0.2) is 0 Å². The first-order chi connectivity index (χ1) is 11.6. The van der Waals surface area contributed by atoms with E-state index in [9.17, 15) is 4.39 Å². The van der Waals surface area contributed by atoms with Gasteiger partial charge < -0.3 is 5.73 Å². The van der Waals surface area contributed by atoms with Crippen molar-refractivity contribution < 1.29 is 4.39 Å². The van der Waals surface area contributed by atoms with E-state index >= 15 is 0 Å². The Bertz CT molecular complexity index is 933. The van der Waals surface area contributed by atoms with Crippen molar-refractivity contribution in [2.45, 2.75) is 0 Å². The minimum atomic E-state index is -0.672. The van der Waals surface area contributed by atoms with Crippen LogP contribution in [0.5, 0.6) is 0 Å². The molecule has 0 amide bonds. The Kier molecular flexibility index (Phi) is 5.09. The Balaban J connectivity index is 2.36. The number of nitrogen functional groups attached to an aromatic ring is 1. The lowest BCUT2D eigenvalue weighted by Gasteiger charge is -2.03. The fourth-order valence-corrected chi connectivity index (χ4v) is 2.02. The number of allylic oxidation sites excluding steroid dienone is 2. The molecule has 0 fully saturated rings. The molecule has 0 unspecified atom stereocenters. The molecule has 2 aromatic carbocycles. The molecule has 0 aromatic heterocycles. The number of anilines is 1. The Hall–Kier alpha value is -3.88. The predicted molar refractivity (Wildman–Crippen MR) is 89.9 cm³/mol. The van der Waals surface area contributed by atoms with Gasteiger partial charge >= 0.3 is 0 Å². The SMILES string of the molecule is N#CC(C#N)=C(C#N)c1ccc(/C=C/c2ccc(N)cc2)cc1F. The first-order valence-electron chi connectivity index (χ1n) is 6.87. The summed E-state index contributed by atoms with van der Waals surface area (Å²) in [4.78, 5) is 0. The molecule has 2 N–H and O–H groups in total. The third-order valence-electron chi connectivity index (χ3n) is 3.25. The minimum Gasteiger partial charge on any atom is -0.399 e. The van der Waals surface area contributed by atoms with Gasteiger partial charge in [-0.05, 0) is 29.3 Å². The van der Waals surface area contributed by atoms with Crippen molar-refractivity contribution in [2.75, 3.05) is 5.73 Å². The van der Waals surface area contributed by atoms with E-state index in [-0.39, 0.29) is 11.1 Å². The normalized spacial score (nSPS) is 9.75. The molecule has 114 valence electrons. The van der Waals surface area contributed by atoms with Gasteiger partial charge in [-0.2, -0.15) is 15.8 Å². The van der Waals surface area contributed by atoms with Crippen molar-refractivity contribution in [3.63, 3.8) is 0 Å². The van der Waals surface area contributed by atoms with Crippen LogP contribution in [0.25, 0.3) is 17.7 Å². The number of rotatable bonds is 3. The second-order valence-electron chi connectivity index (χ2n) is 4.82. The fraction of sp³-hybridized carbons (Fsp3) is 0. The average Bonchev–Trinajstić information content (AvgIpc) is 2.60. The highest BCUT2D eigenvalue weighted by Crippen LogP contribution is 2.23. The molecule has 0 spiro atoms. The quantitative estimate of drug-likeness (QED) is 0.527. The molecule has 0 heterocycles. The van der Waals surface area contributed by atoms with Gasteiger partial charge in [-0.1, -0.05) is 36.4 Å². The van der Waals surface area contributed by atoms with Gasteiger partial charge in [0.25, 0.3) is 0 Å². The monoisotopic (exact) mass is 314 g/mol. The summed E-state index contributed by atoms with van der Waals surface area (Å²) in [6, 6.07) is 16.3. The Labute approximate surface area is 138 Å².